The van der Waals surface area contributed by atoms with Gasteiger partial charge >= 0.3 is 6.09 Å². The number of aliphatic hydroxyl groups is 1. The molecule has 1 aromatic rings. The van der Waals surface area contributed by atoms with Gasteiger partial charge in [-0.15, -0.1) is 0 Å². The Morgan fingerprint density at radius 2 is 1.73 bits per heavy atom. The molecule has 0 aromatic heterocycles. The largest absolute Gasteiger partial charge is 0.444 e. The van der Waals surface area contributed by atoms with E-state index in [9.17, 15) is 9.90 Å². The molecular weight excluding hydrogens is 346 g/mol. The van der Waals surface area contributed by atoms with Crippen LogP contribution in [0.2, 0.25) is 0 Å². The summed E-state index contributed by atoms with van der Waals surface area (Å²) in [5.41, 5.74) is 0.802. The van der Waals surface area contributed by atoms with E-state index in [1.807, 2.05) is 50.7 Å². The second-order valence-corrected chi connectivity index (χ2v) is 10.9. The zero-order valence-electron chi connectivity index (χ0n) is 17.0. The number of thioether (sulfide) groups is 1. The monoisotopic (exact) mass is 379 g/mol. The Labute approximate surface area is 162 Å². The first-order chi connectivity index (χ1) is 11.9. The molecular formula is C21H33NO3S. The van der Waals surface area contributed by atoms with Crippen LogP contribution in [0.15, 0.2) is 24.3 Å². The number of rotatable bonds is 3. The lowest BCUT2D eigenvalue weighted by Crippen LogP contribution is -2.47. The lowest BCUT2D eigenvalue weighted by molar-refractivity contribution is -0.0359. The van der Waals surface area contributed by atoms with E-state index in [1.54, 1.807) is 4.90 Å². The smallest absolute Gasteiger partial charge is 0.410 e. The van der Waals surface area contributed by atoms with Crippen LogP contribution in [-0.2, 0) is 16.1 Å². The number of hydrogen-bond donors (Lipinski definition) is 1. The first-order valence-corrected chi connectivity index (χ1v) is 10.3. The number of carbonyl (C=O) groups is 1. The number of ether oxygens (including phenoxy) is 1. The van der Waals surface area contributed by atoms with Gasteiger partial charge in [0.15, 0.2) is 0 Å². The Morgan fingerprint density at radius 3 is 2.27 bits per heavy atom. The van der Waals surface area contributed by atoms with Gasteiger partial charge in [-0.1, -0.05) is 45.0 Å². The first-order valence-electron chi connectivity index (χ1n) is 9.32. The number of piperidine rings is 1. The Hall–Kier alpha value is -1.20. The molecule has 4 nitrogen and oxygen atoms in total. The Kier molecular flexibility index (Phi) is 6.34. The molecule has 26 heavy (non-hydrogen) atoms. The third kappa shape index (κ3) is 5.92. The molecule has 1 saturated heterocycles. The van der Waals surface area contributed by atoms with Gasteiger partial charge in [0.2, 0.25) is 0 Å². The molecule has 0 atom stereocenters. The molecule has 1 aliphatic heterocycles. The Bertz CT molecular complexity index is 623. The second-order valence-electron chi connectivity index (χ2n) is 9.06. The van der Waals surface area contributed by atoms with E-state index in [4.69, 9.17) is 4.74 Å². The van der Waals surface area contributed by atoms with Crippen molar-refractivity contribution in [2.45, 2.75) is 76.1 Å². The number of hydrogen-bond acceptors (Lipinski definition) is 4. The van der Waals surface area contributed by atoms with Gasteiger partial charge in [-0.05, 0) is 44.7 Å². The maximum atomic E-state index is 12.3. The van der Waals surface area contributed by atoms with Crippen molar-refractivity contribution in [1.82, 2.24) is 4.90 Å². The number of amides is 1. The molecule has 1 aliphatic rings. The lowest BCUT2D eigenvalue weighted by atomic mass is 9.82. The van der Waals surface area contributed by atoms with E-state index in [-0.39, 0.29) is 10.8 Å². The van der Waals surface area contributed by atoms with E-state index in [1.165, 1.54) is 5.56 Å². The van der Waals surface area contributed by atoms with E-state index in [2.05, 4.69) is 26.8 Å². The standard InChI is InChI=1S/C21H33NO3S/c1-19(2,3)25-18(23)22-13-11-21(24,12-14-22)17-10-8-7-9-16(17)15-26-20(4,5)6/h7-10,24H,11-15H2,1-6H3. The summed E-state index contributed by atoms with van der Waals surface area (Å²) >= 11 is 1.88. The van der Waals surface area contributed by atoms with Crippen LogP contribution >= 0.6 is 11.8 Å². The van der Waals surface area contributed by atoms with Crippen LogP contribution in [0.3, 0.4) is 0 Å². The third-order valence-electron chi connectivity index (χ3n) is 4.42. The van der Waals surface area contributed by atoms with Crippen molar-refractivity contribution in [2.24, 2.45) is 0 Å². The summed E-state index contributed by atoms with van der Waals surface area (Å²) in [4.78, 5) is 14.0. The topological polar surface area (TPSA) is 49.8 Å². The maximum Gasteiger partial charge on any atom is 0.410 e. The molecule has 146 valence electrons. The SMILES string of the molecule is CC(C)(C)OC(=O)N1CCC(O)(c2ccccc2CSC(C)(C)C)CC1. The number of carbonyl (C=O) groups excluding carboxylic acids is 1. The molecule has 1 heterocycles. The second kappa shape index (κ2) is 7.81. The summed E-state index contributed by atoms with van der Waals surface area (Å²) in [6.07, 6.45) is 0.767. The summed E-state index contributed by atoms with van der Waals surface area (Å²) < 4.78 is 5.63. The minimum absolute atomic E-state index is 0.176. The van der Waals surface area contributed by atoms with Crippen molar-refractivity contribution in [3.05, 3.63) is 35.4 Å². The molecule has 0 unspecified atom stereocenters. The zero-order valence-corrected chi connectivity index (χ0v) is 17.8. The predicted molar refractivity (Wildman–Crippen MR) is 108 cm³/mol. The summed E-state index contributed by atoms with van der Waals surface area (Å²) in [7, 11) is 0. The van der Waals surface area contributed by atoms with E-state index in [0.717, 1.165) is 11.3 Å². The van der Waals surface area contributed by atoms with Crippen LogP contribution < -0.4 is 0 Å². The molecule has 1 amide bonds. The lowest BCUT2D eigenvalue weighted by Gasteiger charge is -2.39. The van der Waals surface area contributed by atoms with Gasteiger partial charge in [-0.3, -0.25) is 0 Å². The van der Waals surface area contributed by atoms with Crippen molar-refractivity contribution in [1.29, 1.82) is 0 Å². The van der Waals surface area contributed by atoms with Crippen molar-refractivity contribution in [3.63, 3.8) is 0 Å². The minimum Gasteiger partial charge on any atom is -0.444 e. The van der Waals surface area contributed by atoms with Gasteiger partial charge in [0.1, 0.15) is 5.60 Å². The van der Waals surface area contributed by atoms with Crippen molar-refractivity contribution < 1.29 is 14.6 Å². The summed E-state index contributed by atoms with van der Waals surface area (Å²) in [5.74, 6) is 0.873. The van der Waals surface area contributed by atoms with Gasteiger partial charge in [-0.2, -0.15) is 11.8 Å². The molecule has 0 saturated carbocycles. The van der Waals surface area contributed by atoms with Gasteiger partial charge in [0, 0.05) is 23.6 Å². The fourth-order valence-corrected chi connectivity index (χ4v) is 3.89. The minimum atomic E-state index is -0.881. The molecule has 0 bridgehead atoms. The van der Waals surface area contributed by atoms with Crippen molar-refractivity contribution in [3.8, 4) is 0 Å². The normalized spacial score (nSPS) is 17.9. The Balaban J connectivity index is 2.08. The van der Waals surface area contributed by atoms with Crippen LogP contribution in [0.25, 0.3) is 0 Å². The molecule has 0 spiro atoms. The van der Waals surface area contributed by atoms with Crippen LogP contribution in [0, 0.1) is 0 Å². The molecule has 2 rings (SSSR count). The number of nitrogens with zero attached hydrogens (tertiary/aromatic N) is 1. The van der Waals surface area contributed by atoms with Gasteiger partial charge in [0.05, 0.1) is 5.60 Å². The van der Waals surface area contributed by atoms with Crippen LogP contribution in [0.4, 0.5) is 4.79 Å². The van der Waals surface area contributed by atoms with Gasteiger partial charge < -0.3 is 14.7 Å². The quantitative estimate of drug-likeness (QED) is 0.808. The average molecular weight is 380 g/mol. The highest BCUT2D eigenvalue weighted by molar-refractivity contribution is 7.99. The molecule has 1 N–H and O–H groups in total. The average Bonchev–Trinajstić information content (AvgIpc) is 2.51. The van der Waals surface area contributed by atoms with Crippen molar-refractivity contribution >= 4 is 17.9 Å². The van der Waals surface area contributed by atoms with Crippen LogP contribution in [0.5, 0.6) is 0 Å². The highest BCUT2D eigenvalue weighted by Gasteiger charge is 2.38. The van der Waals surface area contributed by atoms with Gasteiger partial charge in [-0.25, -0.2) is 4.79 Å². The fraction of sp³-hybridized carbons (Fsp3) is 0.667. The summed E-state index contributed by atoms with van der Waals surface area (Å²) in [6.45, 7) is 13.2. The predicted octanol–water partition coefficient (Wildman–Crippen LogP) is 4.94. The molecule has 0 radical (unpaired) electrons. The Morgan fingerprint density at radius 1 is 1.15 bits per heavy atom. The fourth-order valence-electron chi connectivity index (χ4n) is 3.05. The number of benzene rings is 1. The van der Waals surface area contributed by atoms with Crippen LogP contribution in [0.1, 0.15) is 65.5 Å². The zero-order chi connectivity index (χ0) is 19.6. The van der Waals surface area contributed by atoms with Gasteiger partial charge in [0.25, 0.3) is 0 Å². The molecule has 1 aromatic carbocycles. The highest BCUT2D eigenvalue weighted by atomic mass is 32.2. The van der Waals surface area contributed by atoms with Crippen LogP contribution in [-0.4, -0.2) is 39.5 Å². The molecule has 0 aliphatic carbocycles. The van der Waals surface area contributed by atoms with E-state index >= 15 is 0 Å². The maximum absolute atomic E-state index is 12.3. The highest BCUT2D eigenvalue weighted by Crippen LogP contribution is 2.37. The number of likely N-dealkylation sites (tertiary alicyclic amines) is 1. The van der Waals surface area contributed by atoms with Crippen molar-refractivity contribution in [2.75, 3.05) is 13.1 Å². The van der Waals surface area contributed by atoms with E-state index < -0.39 is 11.2 Å². The summed E-state index contributed by atoms with van der Waals surface area (Å²) in [5, 5.41) is 11.3. The van der Waals surface area contributed by atoms with E-state index in [0.29, 0.717) is 25.9 Å². The summed E-state index contributed by atoms with van der Waals surface area (Å²) in [6, 6.07) is 8.15. The third-order valence-corrected chi connectivity index (χ3v) is 5.74. The first kappa shape index (κ1) is 21.1. The molecule has 5 heteroatoms. The molecule has 1 fully saturated rings.